The highest BCUT2D eigenvalue weighted by molar-refractivity contribution is 7.99. The van der Waals surface area contributed by atoms with Crippen LogP contribution in [0.25, 0.3) is 10.2 Å². The molecule has 0 aromatic carbocycles. The van der Waals surface area contributed by atoms with Gasteiger partial charge in [0, 0.05) is 16.7 Å². The zero-order chi connectivity index (χ0) is 13.8. The third-order valence-electron chi connectivity index (χ3n) is 3.01. The Morgan fingerprint density at radius 2 is 2.26 bits per heavy atom. The van der Waals surface area contributed by atoms with Crippen molar-refractivity contribution in [1.82, 2.24) is 9.97 Å². The maximum atomic E-state index is 5.99. The highest BCUT2D eigenvalue weighted by atomic mass is 35.5. The van der Waals surface area contributed by atoms with E-state index in [0.717, 1.165) is 35.4 Å². The van der Waals surface area contributed by atoms with Gasteiger partial charge in [0.25, 0.3) is 0 Å². The SMILES string of the molecule is CCc1cc2c(NCCC(C)SC)nc(Cl)nc2s1. The summed E-state index contributed by atoms with van der Waals surface area (Å²) in [6.07, 6.45) is 4.26. The summed E-state index contributed by atoms with van der Waals surface area (Å²) in [5.74, 6) is 0.860. The van der Waals surface area contributed by atoms with Gasteiger partial charge in [-0.05, 0) is 36.8 Å². The molecule has 1 atom stereocenters. The van der Waals surface area contributed by atoms with Gasteiger partial charge in [-0.25, -0.2) is 9.97 Å². The van der Waals surface area contributed by atoms with Crippen LogP contribution in [0.3, 0.4) is 0 Å². The minimum Gasteiger partial charge on any atom is -0.369 e. The predicted octanol–water partition coefficient (Wildman–Crippen LogP) is 4.46. The van der Waals surface area contributed by atoms with Gasteiger partial charge in [0.15, 0.2) is 0 Å². The number of halogens is 1. The first-order valence-electron chi connectivity index (χ1n) is 6.36. The Balaban J connectivity index is 2.19. The molecule has 0 fully saturated rings. The standard InChI is InChI=1S/C13H18ClN3S2/c1-4-9-7-10-11(15-6-5-8(2)18-3)16-13(14)17-12(10)19-9/h7-8H,4-6H2,1-3H3,(H,15,16,17). The molecule has 0 saturated heterocycles. The van der Waals surface area contributed by atoms with Crippen molar-refractivity contribution in [1.29, 1.82) is 0 Å². The lowest BCUT2D eigenvalue weighted by Crippen LogP contribution is -2.09. The maximum absolute atomic E-state index is 5.99. The second-order valence-corrected chi connectivity index (χ2v) is 7.12. The molecule has 1 N–H and O–H groups in total. The Morgan fingerprint density at radius 3 is 2.95 bits per heavy atom. The number of aryl methyl sites for hydroxylation is 1. The van der Waals surface area contributed by atoms with Crippen LogP contribution in [-0.2, 0) is 6.42 Å². The molecule has 2 rings (SSSR count). The first kappa shape index (κ1) is 14.9. The van der Waals surface area contributed by atoms with Crippen molar-refractivity contribution in [2.45, 2.75) is 31.9 Å². The van der Waals surface area contributed by atoms with Gasteiger partial charge < -0.3 is 5.32 Å². The Hall–Kier alpha value is -0.520. The number of nitrogens with zero attached hydrogens (tertiary/aromatic N) is 2. The summed E-state index contributed by atoms with van der Waals surface area (Å²) in [4.78, 5) is 10.9. The van der Waals surface area contributed by atoms with Crippen LogP contribution >= 0.6 is 34.7 Å². The summed E-state index contributed by atoms with van der Waals surface area (Å²) in [5.41, 5.74) is 0. The van der Waals surface area contributed by atoms with E-state index in [1.807, 2.05) is 11.8 Å². The molecule has 1 unspecified atom stereocenters. The van der Waals surface area contributed by atoms with Crippen molar-refractivity contribution in [3.8, 4) is 0 Å². The lowest BCUT2D eigenvalue weighted by Gasteiger charge is -2.10. The Bertz CT molecular complexity index is 556. The van der Waals surface area contributed by atoms with E-state index < -0.39 is 0 Å². The molecule has 0 radical (unpaired) electrons. The van der Waals surface area contributed by atoms with Crippen LogP contribution < -0.4 is 5.32 Å². The molecule has 104 valence electrons. The zero-order valence-corrected chi connectivity index (χ0v) is 13.8. The van der Waals surface area contributed by atoms with Crippen molar-refractivity contribution < 1.29 is 0 Å². The van der Waals surface area contributed by atoms with E-state index in [0.29, 0.717) is 10.5 Å². The molecule has 0 aliphatic rings. The molecule has 0 aliphatic carbocycles. The summed E-state index contributed by atoms with van der Waals surface area (Å²) < 4.78 is 0. The van der Waals surface area contributed by atoms with E-state index in [-0.39, 0.29) is 0 Å². The number of hydrogen-bond donors (Lipinski definition) is 1. The summed E-state index contributed by atoms with van der Waals surface area (Å²) in [5, 5.41) is 5.44. The molecule has 2 heterocycles. The van der Waals surface area contributed by atoms with Gasteiger partial charge in [-0.15, -0.1) is 11.3 Å². The van der Waals surface area contributed by atoms with Gasteiger partial charge in [0.2, 0.25) is 5.28 Å². The number of thioether (sulfide) groups is 1. The summed E-state index contributed by atoms with van der Waals surface area (Å²) in [6.45, 7) is 5.28. The fourth-order valence-electron chi connectivity index (χ4n) is 1.77. The van der Waals surface area contributed by atoms with Crippen molar-refractivity contribution in [3.63, 3.8) is 0 Å². The zero-order valence-electron chi connectivity index (χ0n) is 11.4. The summed E-state index contributed by atoms with van der Waals surface area (Å²) in [7, 11) is 0. The second-order valence-electron chi connectivity index (χ2n) is 4.39. The third-order valence-corrected chi connectivity index (χ3v) is 5.39. The third kappa shape index (κ3) is 3.74. The van der Waals surface area contributed by atoms with E-state index in [2.05, 4.69) is 41.5 Å². The Labute approximate surface area is 127 Å². The number of nitrogens with one attached hydrogen (secondary N) is 1. The molecular weight excluding hydrogens is 298 g/mol. The normalized spacial score (nSPS) is 12.8. The number of rotatable bonds is 6. The first-order chi connectivity index (χ1) is 9.13. The van der Waals surface area contributed by atoms with Crippen molar-refractivity contribution in [2.75, 3.05) is 18.1 Å². The number of aromatic nitrogens is 2. The minimum atomic E-state index is 0.317. The molecule has 0 saturated carbocycles. The predicted molar refractivity (Wildman–Crippen MR) is 87.9 cm³/mol. The van der Waals surface area contributed by atoms with Crippen LogP contribution in [0.2, 0.25) is 5.28 Å². The fraction of sp³-hybridized carbons (Fsp3) is 0.538. The molecule has 19 heavy (non-hydrogen) atoms. The van der Waals surface area contributed by atoms with E-state index in [1.165, 1.54) is 4.88 Å². The van der Waals surface area contributed by atoms with E-state index in [1.54, 1.807) is 11.3 Å². The lowest BCUT2D eigenvalue weighted by molar-refractivity contribution is 0.850. The lowest BCUT2D eigenvalue weighted by atomic mass is 10.3. The van der Waals surface area contributed by atoms with Crippen LogP contribution in [0.4, 0.5) is 5.82 Å². The first-order valence-corrected chi connectivity index (χ1v) is 8.85. The van der Waals surface area contributed by atoms with Crippen LogP contribution in [0.15, 0.2) is 6.07 Å². The molecule has 0 amide bonds. The van der Waals surface area contributed by atoms with Crippen LogP contribution in [-0.4, -0.2) is 28.0 Å². The quantitative estimate of drug-likeness (QED) is 0.799. The molecule has 0 aliphatic heterocycles. The van der Waals surface area contributed by atoms with E-state index in [9.17, 15) is 0 Å². The average Bonchev–Trinajstić information content (AvgIpc) is 2.81. The van der Waals surface area contributed by atoms with Crippen molar-refractivity contribution >= 4 is 50.7 Å². The Kier molecular flexibility index (Phi) is 5.30. The van der Waals surface area contributed by atoms with Gasteiger partial charge in [-0.1, -0.05) is 13.8 Å². The minimum absolute atomic E-state index is 0.317. The average molecular weight is 316 g/mol. The smallest absolute Gasteiger partial charge is 0.225 e. The molecule has 2 aromatic heterocycles. The van der Waals surface area contributed by atoms with Crippen LogP contribution in [0.5, 0.6) is 0 Å². The van der Waals surface area contributed by atoms with E-state index >= 15 is 0 Å². The van der Waals surface area contributed by atoms with Gasteiger partial charge in [0.05, 0.1) is 5.39 Å². The molecule has 3 nitrogen and oxygen atoms in total. The number of fused-ring (bicyclic) bond motifs is 1. The molecule has 2 aromatic rings. The number of hydrogen-bond acceptors (Lipinski definition) is 5. The molecule has 0 bridgehead atoms. The fourth-order valence-corrected chi connectivity index (χ4v) is 3.31. The van der Waals surface area contributed by atoms with Gasteiger partial charge in [-0.3, -0.25) is 0 Å². The molecule has 6 heteroatoms. The topological polar surface area (TPSA) is 37.8 Å². The summed E-state index contributed by atoms with van der Waals surface area (Å²) >= 11 is 9.55. The number of anilines is 1. The highest BCUT2D eigenvalue weighted by Gasteiger charge is 2.10. The number of thiophene rings is 1. The largest absolute Gasteiger partial charge is 0.369 e. The van der Waals surface area contributed by atoms with Crippen LogP contribution in [0.1, 0.15) is 25.1 Å². The van der Waals surface area contributed by atoms with Crippen LogP contribution in [0, 0.1) is 0 Å². The molecule has 0 spiro atoms. The van der Waals surface area contributed by atoms with E-state index in [4.69, 9.17) is 11.6 Å². The molecular formula is C13H18ClN3S2. The van der Waals surface area contributed by atoms with Crippen molar-refractivity contribution in [2.24, 2.45) is 0 Å². The second kappa shape index (κ2) is 6.77. The Morgan fingerprint density at radius 1 is 1.47 bits per heavy atom. The maximum Gasteiger partial charge on any atom is 0.225 e. The summed E-state index contributed by atoms with van der Waals surface area (Å²) in [6, 6.07) is 2.16. The van der Waals surface area contributed by atoms with Gasteiger partial charge in [0.1, 0.15) is 10.6 Å². The van der Waals surface area contributed by atoms with Crippen molar-refractivity contribution in [3.05, 3.63) is 16.2 Å². The van der Waals surface area contributed by atoms with Gasteiger partial charge >= 0.3 is 0 Å². The highest BCUT2D eigenvalue weighted by Crippen LogP contribution is 2.30. The monoisotopic (exact) mass is 315 g/mol. The van der Waals surface area contributed by atoms with Gasteiger partial charge in [-0.2, -0.15) is 11.8 Å².